The van der Waals surface area contributed by atoms with E-state index in [4.69, 9.17) is 14.5 Å². The summed E-state index contributed by atoms with van der Waals surface area (Å²) in [5, 5.41) is 9.93. The summed E-state index contributed by atoms with van der Waals surface area (Å²) < 4.78 is 11.5. The molecule has 0 saturated carbocycles. The highest BCUT2D eigenvalue weighted by atomic mass is 127. The van der Waals surface area contributed by atoms with Gasteiger partial charge in [0.05, 0.1) is 30.5 Å². The van der Waals surface area contributed by atoms with Crippen LogP contribution in [-0.2, 0) is 17.7 Å². The van der Waals surface area contributed by atoms with E-state index in [0.29, 0.717) is 13.2 Å². The zero-order valence-electron chi connectivity index (χ0n) is 18.4. The summed E-state index contributed by atoms with van der Waals surface area (Å²) in [6, 6.07) is 8.14. The molecule has 172 valence electrons. The first-order valence-corrected chi connectivity index (χ1v) is 11.6. The van der Waals surface area contributed by atoms with Gasteiger partial charge in [0.25, 0.3) is 0 Å². The van der Waals surface area contributed by atoms with E-state index >= 15 is 0 Å². The number of halogens is 1. The van der Waals surface area contributed by atoms with Gasteiger partial charge in [-0.1, -0.05) is 18.2 Å². The smallest absolute Gasteiger partial charge is 0.191 e. The molecule has 2 aromatic rings. The SMILES string of the molecule is CCNC(=NCc1ccccc1OCCN1CCOCC1)NCCc1csc(C)n1.I. The minimum atomic E-state index is 0. The molecule has 31 heavy (non-hydrogen) atoms. The highest BCUT2D eigenvalue weighted by molar-refractivity contribution is 14.0. The normalized spacial score (nSPS) is 14.7. The van der Waals surface area contributed by atoms with Crippen molar-refractivity contribution >= 4 is 41.3 Å². The second-order valence-electron chi connectivity index (χ2n) is 7.14. The average molecular weight is 560 g/mol. The van der Waals surface area contributed by atoms with E-state index in [1.807, 2.05) is 25.1 Å². The lowest BCUT2D eigenvalue weighted by Gasteiger charge is -2.26. The molecule has 0 bridgehead atoms. The molecule has 1 aliphatic rings. The Hall–Kier alpha value is -1.43. The minimum absolute atomic E-state index is 0. The summed E-state index contributed by atoms with van der Waals surface area (Å²) in [7, 11) is 0. The van der Waals surface area contributed by atoms with Gasteiger partial charge in [0.15, 0.2) is 5.96 Å². The standard InChI is InChI=1S/C22H33N5O2S.HI/c1-3-23-22(24-9-8-20-17-30-18(2)26-20)25-16-19-6-4-5-7-21(19)29-15-12-27-10-13-28-14-11-27;/h4-7,17H,3,8-16H2,1-2H3,(H2,23,24,25);1H. The molecule has 1 aromatic carbocycles. The monoisotopic (exact) mass is 559 g/mol. The lowest BCUT2D eigenvalue weighted by molar-refractivity contribution is 0.0322. The van der Waals surface area contributed by atoms with Crippen LogP contribution < -0.4 is 15.4 Å². The van der Waals surface area contributed by atoms with Crippen LogP contribution in [0.1, 0.15) is 23.2 Å². The Morgan fingerprint density at radius 2 is 2.06 bits per heavy atom. The van der Waals surface area contributed by atoms with E-state index < -0.39 is 0 Å². The van der Waals surface area contributed by atoms with Crippen LogP contribution in [0, 0.1) is 6.92 Å². The van der Waals surface area contributed by atoms with E-state index in [1.165, 1.54) is 0 Å². The van der Waals surface area contributed by atoms with Gasteiger partial charge in [0.2, 0.25) is 0 Å². The Kier molecular flexibility index (Phi) is 12.2. The highest BCUT2D eigenvalue weighted by Gasteiger charge is 2.10. The molecule has 0 unspecified atom stereocenters. The fourth-order valence-corrected chi connectivity index (χ4v) is 3.87. The molecular formula is C22H34IN5O2S. The Morgan fingerprint density at radius 1 is 1.26 bits per heavy atom. The second-order valence-corrected chi connectivity index (χ2v) is 8.20. The van der Waals surface area contributed by atoms with Crippen molar-refractivity contribution in [2.45, 2.75) is 26.8 Å². The van der Waals surface area contributed by atoms with Crippen LogP contribution in [-0.4, -0.2) is 68.4 Å². The number of aliphatic imine (C=N–C) groups is 1. The number of rotatable bonds is 10. The van der Waals surface area contributed by atoms with Crippen LogP contribution in [0.5, 0.6) is 5.75 Å². The largest absolute Gasteiger partial charge is 0.492 e. The van der Waals surface area contributed by atoms with E-state index in [2.05, 4.69) is 38.9 Å². The number of ether oxygens (including phenoxy) is 2. The number of aromatic nitrogens is 1. The fraction of sp³-hybridized carbons (Fsp3) is 0.545. The molecule has 0 aliphatic carbocycles. The Morgan fingerprint density at radius 3 is 2.81 bits per heavy atom. The van der Waals surface area contributed by atoms with Crippen LogP contribution in [0.15, 0.2) is 34.6 Å². The lowest BCUT2D eigenvalue weighted by atomic mass is 10.2. The molecule has 7 nitrogen and oxygen atoms in total. The van der Waals surface area contributed by atoms with Crippen LogP contribution in [0.3, 0.4) is 0 Å². The number of aryl methyl sites for hydroxylation is 1. The molecule has 0 spiro atoms. The third-order valence-corrected chi connectivity index (χ3v) is 5.66. The summed E-state index contributed by atoms with van der Waals surface area (Å²) in [4.78, 5) is 11.6. The number of morpholine rings is 1. The summed E-state index contributed by atoms with van der Waals surface area (Å²) in [5.41, 5.74) is 2.21. The summed E-state index contributed by atoms with van der Waals surface area (Å²) in [5.74, 6) is 1.72. The lowest BCUT2D eigenvalue weighted by Crippen LogP contribution is -2.38. The molecule has 1 aromatic heterocycles. The van der Waals surface area contributed by atoms with Gasteiger partial charge in [0, 0.05) is 50.1 Å². The maximum Gasteiger partial charge on any atom is 0.191 e. The van der Waals surface area contributed by atoms with E-state index in [-0.39, 0.29) is 24.0 Å². The van der Waals surface area contributed by atoms with Crippen molar-refractivity contribution in [3.8, 4) is 5.75 Å². The molecule has 1 fully saturated rings. The van der Waals surface area contributed by atoms with Crippen molar-refractivity contribution in [1.29, 1.82) is 0 Å². The van der Waals surface area contributed by atoms with E-state index in [0.717, 1.165) is 80.3 Å². The molecule has 0 atom stereocenters. The zero-order chi connectivity index (χ0) is 21.0. The van der Waals surface area contributed by atoms with E-state index in [1.54, 1.807) is 11.3 Å². The first kappa shape index (κ1) is 25.8. The summed E-state index contributed by atoms with van der Waals surface area (Å²) in [6.07, 6.45) is 0.885. The minimum Gasteiger partial charge on any atom is -0.492 e. The van der Waals surface area contributed by atoms with Crippen LogP contribution in [0.4, 0.5) is 0 Å². The van der Waals surface area contributed by atoms with Crippen molar-refractivity contribution in [2.75, 3.05) is 52.5 Å². The number of guanidine groups is 1. The number of benzene rings is 1. The Balaban J connectivity index is 0.00000341. The molecule has 9 heteroatoms. The number of thiazole rings is 1. The topological polar surface area (TPSA) is 71.0 Å². The fourth-order valence-electron chi connectivity index (χ4n) is 3.22. The van der Waals surface area contributed by atoms with Gasteiger partial charge in [-0.3, -0.25) is 4.90 Å². The number of nitrogens with zero attached hydrogens (tertiary/aromatic N) is 3. The van der Waals surface area contributed by atoms with Crippen molar-refractivity contribution < 1.29 is 9.47 Å². The molecule has 3 rings (SSSR count). The average Bonchev–Trinajstić information content (AvgIpc) is 3.18. The van der Waals surface area contributed by atoms with E-state index in [9.17, 15) is 0 Å². The van der Waals surface area contributed by atoms with Crippen molar-refractivity contribution in [3.63, 3.8) is 0 Å². The van der Waals surface area contributed by atoms with Gasteiger partial charge in [-0.15, -0.1) is 35.3 Å². The summed E-state index contributed by atoms with van der Waals surface area (Å²) in [6.45, 7) is 11.5. The quantitative estimate of drug-likeness (QED) is 0.265. The summed E-state index contributed by atoms with van der Waals surface area (Å²) >= 11 is 1.69. The van der Waals surface area contributed by atoms with Gasteiger partial charge in [-0.2, -0.15) is 0 Å². The molecule has 2 N–H and O–H groups in total. The van der Waals surface area contributed by atoms with Crippen LogP contribution in [0.25, 0.3) is 0 Å². The molecule has 2 heterocycles. The Bertz CT molecular complexity index is 796. The van der Waals surface area contributed by atoms with Gasteiger partial charge >= 0.3 is 0 Å². The van der Waals surface area contributed by atoms with Crippen LogP contribution in [0.2, 0.25) is 0 Å². The number of hydrogen-bond acceptors (Lipinski definition) is 6. The number of hydrogen-bond donors (Lipinski definition) is 2. The number of para-hydroxylation sites is 1. The molecule has 0 radical (unpaired) electrons. The van der Waals surface area contributed by atoms with Gasteiger partial charge in [-0.05, 0) is 19.9 Å². The van der Waals surface area contributed by atoms with Crippen LogP contribution >= 0.6 is 35.3 Å². The van der Waals surface area contributed by atoms with Crippen molar-refractivity contribution in [1.82, 2.24) is 20.5 Å². The van der Waals surface area contributed by atoms with Gasteiger partial charge < -0.3 is 20.1 Å². The second kappa shape index (κ2) is 14.6. The van der Waals surface area contributed by atoms with Gasteiger partial charge in [0.1, 0.15) is 12.4 Å². The highest BCUT2D eigenvalue weighted by Crippen LogP contribution is 2.19. The third-order valence-electron chi connectivity index (χ3n) is 4.83. The predicted octanol–water partition coefficient (Wildman–Crippen LogP) is 3.08. The zero-order valence-corrected chi connectivity index (χ0v) is 21.6. The maximum atomic E-state index is 6.07. The third kappa shape index (κ3) is 9.30. The first-order valence-electron chi connectivity index (χ1n) is 10.7. The maximum absolute atomic E-state index is 6.07. The van der Waals surface area contributed by atoms with Crippen molar-refractivity contribution in [2.24, 2.45) is 4.99 Å². The molecule has 0 amide bonds. The molecular weight excluding hydrogens is 525 g/mol. The van der Waals surface area contributed by atoms with Crippen molar-refractivity contribution in [3.05, 3.63) is 45.9 Å². The molecule has 1 saturated heterocycles. The predicted molar refractivity (Wildman–Crippen MR) is 138 cm³/mol. The molecule has 1 aliphatic heterocycles. The number of nitrogens with one attached hydrogen (secondary N) is 2. The first-order chi connectivity index (χ1) is 14.7. The van der Waals surface area contributed by atoms with Gasteiger partial charge in [-0.25, -0.2) is 9.98 Å². The Labute approximate surface area is 206 Å².